The van der Waals surface area contributed by atoms with Crippen LogP contribution >= 0.6 is 0 Å². The van der Waals surface area contributed by atoms with Crippen molar-refractivity contribution in [1.29, 1.82) is 0 Å². The van der Waals surface area contributed by atoms with Gasteiger partial charge < -0.3 is 31.2 Å². The van der Waals surface area contributed by atoms with Crippen molar-refractivity contribution in [1.82, 2.24) is 15.3 Å². The minimum Gasteiger partial charge on any atom is -0.480 e. The molecule has 2 aromatic heterocycles. The molecule has 0 spiro atoms. The van der Waals surface area contributed by atoms with Gasteiger partial charge in [0.05, 0.1) is 36.2 Å². The minimum absolute atomic E-state index is 0.0228. The van der Waals surface area contributed by atoms with Gasteiger partial charge in [0.2, 0.25) is 5.88 Å². The van der Waals surface area contributed by atoms with Gasteiger partial charge in [-0.15, -0.1) is 0 Å². The van der Waals surface area contributed by atoms with Gasteiger partial charge in [-0.25, -0.2) is 19.2 Å². The highest BCUT2D eigenvalue weighted by Gasteiger charge is 2.30. The summed E-state index contributed by atoms with van der Waals surface area (Å²) in [4.78, 5) is 44.7. The molecule has 200 valence electrons. The Hall–Kier alpha value is -3.96. The van der Waals surface area contributed by atoms with E-state index in [-0.39, 0.29) is 46.5 Å². The number of methoxy groups -OCH3 is 1. The van der Waals surface area contributed by atoms with Gasteiger partial charge in [0.1, 0.15) is 11.4 Å². The molecule has 0 radical (unpaired) electrons. The zero-order valence-electron chi connectivity index (χ0n) is 21.6. The molecule has 1 aliphatic rings. The van der Waals surface area contributed by atoms with Crippen molar-refractivity contribution in [2.75, 3.05) is 17.7 Å². The molecule has 0 aliphatic heterocycles. The van der Waals surface area contributed by atoms with E-state index in [0.717, 1.165) is 18.9 Å². The Labute approximate surface area is 214 Å². The molecule has 12 heteroatoms. The third kappa shape index (κ3) is 7.28. The van der Waals surface area contributed by atoms with Gasteiger partial charge >= 0.3 is 6.09 Å². The van der Waals surface area contributed by atoms with E-state index in [1.165, 1.54) is 26.3 Å². The van der Waals surface area contributed by atoms with E-state index in [0.29, 0.717) is 18.5 Å². The van der Waals surface area contributed by atoms with Crippen molar-refractivity contribution < 1.29 is 28.2 Å². The van der Waals surface area contributed by atoms with Crippen molar-refractivity contribution >= 4 is 35.1 Å². The predicted molar refractivity (Wildman–Crippen MR) is 136 cm³/mol. The largest absolute Gasteiger partial charge is 0.480 e. The number of Topliss-reactive ketones (excluding diaryl/α,β-unsaturated/α-hetero) is 1. The summed E-state index contributed by atoms with van der Waals surface area (Å²) in [6.45, 7) is 6.68. The third-order valence-corrected chi connectivity index (χ3v) is 5.72. The summed E-state index contributed by atoms with van der Waals surface area (Å²) in [7, 11) is 1.39. The highest BCUT2D eigenvalue weighted by molar-refractivity contribution is 5.99. The normalized spacial score (nSPS) is 17.5. The van der Waals surface area contributed by atoms with Crippen LogP contribution in [0.4, 0.5) is 26.5 Å². The Morgan fingerprint density at radius 2 is 1.76 bits per heavy atom. The lowest BCUT2D eigenvalue weighted by Gasteiger charge is -2.34. The number of hydrogen-bond donors (Lipinski definition) is 4. The molecule has 2 heterocycles. The summed E-state index contributed by atoms with van der Waals surface area (Å²) in [6, 6.07) is 1.82. The van der Waals surface area contributed by atoms with E-state index in [1.807, 2.05) is 0 Å². The first kappa shape index (κ1) is 27.6. The molecule has 11 nitrogen and oxygen atoms in total. The molecule has 5 N–H and O–H groups in total. The number of primary amides is 1. The Kier molecular flexibility index (Phi) is 8.51. The number of halogens is 1. The standard InChI is InChI=1S/C25H33FN6O5/c1-13(33)15-10-14(12-28-23(15)36-5)29-21-16(20(27)34)11-17(26)22(32-21)30-18-8-6-7-9-19(18)31-24(35)37-25(2,3)4/h10-12,18-19H,6-9H2,1-5H3,(H2,27,34)(H,31,35)(H2,29,30,32)/t18-,19+/m1/s1. The Morgan fingerprint density at radius 1 is 1.08 bits per heavy atom. The van der Waals surface area contributed by atoms with Crippen LogP contribution in [-0.4, -0.2) is 52.5 Å². The molecule has 1 fully saturated rings. The molecule has 0 bridgehead atoms. The molecule has 0 unspecified atom stereocenters. The fourth-order valence-corrected chi connectivity index (χ4v) is 4.06. The number of nitrogens with zero attached hydrogens (tertiary/aromatic N) is 2. The summed E-state index contributed by atoms with van der Waals surface area (Å²) in [5.74, 6) is -1.95. The molecule has 0 aromatic carbocycles. The number of aromatic nitrogens is 2. The summed E-state index contributed by atoms with van der Waals surface area (Å²) < 4.78 is 25.5. The molecule has 2 atom stereocenters. The van der Waals surface area contributed by atoms with Crippen LogP contribution in [0.3, 0.4) is 0 Å². The maximum absolute atomic E-state index is 15.0. The maximum atomic E-state index is 15.0. The quantitative estimate of drug-likeness (QED) is 0.382. The number of amides is 2. The van der Waals surface area contributed by atoms with Crippen molar-refractivity contribution in [2.24, 2.45) is 5.73 Å². The molecule has 0 saturated heterocycles. The fraction of sp³-hybridized carbons (Fsp3) is 0.480. The van der Waals surface area contributed by atoms with E-state index in [1.54, 1.807) is 20.8 Å². The molecular formula is C25H33FN6O5. The van der Waals surface area contributed by atoms with Gasteiger partial charge in [0, 0.05) is 6.04 Å². The number of anilines is 3. The molecule has 2 amide bonds. The third-order valence-electron chi connectivity index (χ3n) is 5.72. The van der Waals surface area contributed by atoms with E-state index in [4.69, 9.17) is 15.2 Å². The van der Waals surface area contributed by atoms with Crippen LogP contribution in [0, 0.1) is 5.82 Å². The van der Waals surface area contributed by atoms with Crippen molar-refractivity contribution in [3.8, 4) is 5.88 Å². The number of ether oxygens (including phenoxy) is 2. The maximum Gasteiger partial charge on any atom is 0.407 e. The molecule has 2 aromatic rings. The summed E-state index contributed by atoms with van der Waals surface area (Å²) in [5.41, 5.74) is 5.16. The van der Waals surface area contributed by atoms with Gasteiger partial charge in [-0.1, -0.05) is 12.8 Å². The van der Waals surface area contributed by atoms with Gasteiger partial charge in [-0.05, 0) is 52.7 Å². The lowest BCUT2D eigenvalue weighted by molar-refractivity contribution is 0.0488. The zero-order valence-corrected chi connectivity index (χ0v) is 21.6. The van der Waals surface area contributed by atoms with Crippen LogP contribution < -0.4 is 26.4 Å². The number of ketones is 1. The molecule has 37 heavy (non-hydrogen) atoms. The average Bonchev–Trinajstić information content (AvgIpc) is 2.80. The van der Waals surface area contributed by atoms with Crippen LogP contribution in [0.15, 0.2) is 18.3 Å². The summed E-state index contributed by atoms with van der Waals surface area (Å²) in [6.07, 6.45) is 3.93. The summed E-state index contributed by atoms with van der Waals surface area (Å²) in [5, 5.41) is 8.83. The van der Waals surface area contributed by atoms with Gasteiger partial charge in [0.15, 0.2) is 17.4 Å². The van der Waals surface area contributed by atoms with E-state index >= 15 is 4.39 Å². The minimum atomic E-state index is -0.893. The van der Waals surface area contributed by atoms with Gasteiger partial charge in [-0.2, -0.15) is 0 Å². The zero-order chi connectivity index (χ0) is 27.3. The summed E-state index contributed by atoms with van der Waals surface area (Å²) >= 11 is 0. The smallest absolute Gasteiger partial charge is 0.407 e. The van der Waals surface area contributed by atoms with E-state index in [2.05, 4.69) is 25.9 Å². The second-order valence-electron chi connectivity index (χ2n) is 9.83. The second kappa shape index (κ2) is 11.4. The number of rotatable bonds is 8. The number of carbonyl (C=O) groups is 3. The SMILES string of the molecule is COc1ncc(Nc2nc(N[C@@H]3CCCC[C@@H]3NC(=O)OC(C)(C)C)c(F)cc2C(N)=O)cc1C(C)=O. The second-order valence-corrected chi connectivity index (χ2v) is 9.83. The van der Waals surface area contributed by atoms with Crippen LogP contribution in [0.25, 0.3) is 0 Å². The first-order valence-electron chi connectivity index (χ1n) is 12.0. The van der Waals surface area contributed by atoms with Crippen LogP contribution in [0.2, 0.25) is 0 Å². The highest BCUT2D eigenvalue weighted by Crippen LogP contribution is 2.28. The lowest BCUT2D eigenvalue weighted by atomic mass is 9.90. The molecule has 1 saturated carbocycles. The van der Waals surface area contributed by atoms with Crippen molar-refractivity contribution in [2.45, 2.75) is 71.1 Å². The number of carbonyl (C=O) groups excluding carboxylic acids is 3. The number of nitrogens with one attached hydrogen (secondary N) is 3. The number of hydrogen-bond acceptors (Lipinski definition) is 9. The van der Waals surface area contributed by atoms with E-state index in [9.17, 15) is 14.4 Å². The first-order chi connectivity index (χ1) is 17.4. The average molecular weight is 517 g/mol. The molecular weight excluding hydrogens is 483 g/mol. The Balaban J connectivity index is 1.88. The topological polar surface area (TPSA) is 158 Å². The van der Waals surface area contributed by atoms with Crippen molar-refractivity contribution in [3.63, 3.8) is 0 Å². The highest BCUT2D eigenvalue weighted by atomic mass is 19.1. The fourth-order valence-electron chi connectivity index (χ4n) is 4.06. The molecule has 1 aliphatic carbocycles. The van der Waals surface area contributed by atoms with Crippen LogP contribution in [0.1, 0.15) is 74.1 Å². The predicted octanol–water partition coefficient (Wildman–Crippen LogP) is 3.92. The number of alkyl carbamates (subject to hydrolysis) is 1. The Morgan fingerprint density at radius 3 is 2.35 bits per heavy atom. The van der Waals surface area contributed by atoms with E-state index < -0.39 is 23.4 Å². The van der Waals surface area contributed by atoms with Crippen molar-refractivity contribution in [3.05, 3.63) is 35.3 Å². The lowest BCUT2D eigenvalue weighted by Crippen LogP contribution is -2.50. The first-order valence-corrected chi connectivity index (χ1v) is 12.0. The monoisotopic (exact) mass is 516 g/mol. The van der Waals surface area contributed by atoms with Gasteiger partial charge in [-0.3, -0.25) is 9.59 Å². The van der Waals surface area contributed by atoms with Gasteiger partial charge in [0.25, 0.3) is 5.91 Å². The Bertz CT molecular complexity index is 1180. The van der Waals surface area contributed by atoms with Crippen LogP contribution in [-0.2, 0) is 4.74 Å². The molecule has 3 rings (SSSR count). The van der Waals surface area contributed by atoms with Crippen LogP contribution in [0.5, 0.6) is 5.88 Å². The number of nitrogens with two attached hydrogens (primary N) is 1. The number of pyridine rings is 2.